The maximum atomic E-state index is 11.5. The Morgan fingerprint density at radius 3 is 2.76 bits per heavy atom. The van der Waals surface area contributed by atoms with Crippen LogP contribution < -0.4 is 5.73 Å². The minimum absolute atomic E-state index is 0.103. The first-order valence-corrected chi connectivity index (χ1v) is 6.73. The molecular formula is C13H26N2O2. The van der Waals surface area contributed by atoms with Gasteiger partial charge in [0.05, 0.1) is 13.0 Å². The Kier molecular flexibility index (Phi) is 5.92. The minimum Gasteiger partial charge on any atom is -0.466 e. The fourth-order valence-electron chi connectivity index (χ4n) is 2.67. The van der Waals surface area contributed by atoms with E-state index < -0.39 is 0 Å². The molecule has 100 valence electrons. The number of carbonyl (C=O) groups excluding carboxylic acids is 1. The third-order valence-electron chi connectivity index (χ3n) is 3.53. The second-order valence-corrected chi connectivity index (χ2v) is 5.02. The van der Waals surface area contributed by atoms with Crippen LogP contribution in [0, 0.1) is 0 Å². The van der Waals surface area contributed by atoms with Gasteiger partial charge in [0.2, 0.25) is 0 Å². The topological polar surface area (TPSA) is 55.6 Å². The van der Waals surface area contributed by atoms with Crippen molar-refractivity contribution in [2.75, 3.05) is 13.2 Å². The summed E-state index contributed by atoms with van der Waals surface area (Å²) < 4.78 is 5.00. The van der Waals surface area contributed by atoms with E-state index in [-0.39, 0.29) is 18.1 Å². The number of esters is 1. The number of likely N-dealkylation sites (tertiary alicyclic amines) is 1. The largest absolute Gasteiger partial charge is 0.466 e. The van der Waals surface area contributed by atoms with Crippen molar-refractivity contribution in [3.05, 3.63) is 0 Å². The van der Waals surface area contributed by atoms with E-state index in [0.29, 0.717) is 19.1 Å². The standard InChI is InChI=1S/C13H26N2O2/c1-4-17-13(16)9-10(2)15-8-6-5-7-12(15)11(3)14/h10-12H,4-9,14H2,1-3H3. The Morgan fingerprint density at radius 1 is 1.47 bits per heavy atom. The molecular weight excluding hydrogens is 216 g/mol. The van der Waals surface area contributed by atoms with E-state index in [9.17, 15) is 4.79 Å². The molecule has 1 saturated heterocycles. The van der Waals surface area contributed by atoms with Gasteiger partial charge in [-0.15, -0.1) is 0 Å². The van der Waals surface area contributed by atoms with Gasteiger partial charge in [-0.1, -0.05) is 6.42 Å². The predicted octanol–water partition coefficient (Wildman–Crippen LogP) is 1.53. The fraction of sp³-hybridized carbons (Fsp3) is 0.923. The molecule has 0 aromatic carbocycles. The van der Waals surface area contributed by atoms with E-state index in [2.05, 4.69) is 18.7 Å². The van der Waals surface area contributed by atoms with E-state index in [1.807, 2.05) is 6.92 Å². The number of piperidine rings is 1. The molecule has 0 saturated carbocycles. The predicted molar refractivity (Wildman–Crippen MR) is 68.7 cm³/mol. The first-order chi connectivity index (χ1) is 8.06. The van der Waals surface area contributed by atoms with Crippen molar-refractivity contribution in [1.82, 2.24) is 4.90 Å². The molecule has 1 aliphatic heterocycles. The minimum atomic E-state index is -0.103. The maximum absolute atomic E-state index is 11.5. The Labute approximate surface area is 104 Å². The van der Waals surface area contributed by atoms with Gasteiger partial charge in [-0.25, -0.2) is 0 Å². The Bertz CT molecular complexity index is 244. The smallest absolute Gasteiger partial charge is 0.307 e. The number of hydrogen-bond donors (Lipinski definition) is 1. The first kappa shape index (κ1) is 14.5. The summed E-state index contributed by atoms with van der Waals surface area (Å²) in [4.78, 5) is 13.9. The Hall–Kier alpha value is -0.610. The summed E-state index contributed by atoms with van der Waals surface area (Å²) in [7, 11) is 0. The molecule has 0 aliphatic carbocycles. The van der Waals surface area contributed by atoms with Crippen LogP contribution in [0.15, 0.2) is 0 Å². The lowest BCUT2D eigenvalue weighted by atomic mass is 9.94. The normalized spacial score (nSPS) is 25.3. The lowest BCUT2D eigenvalue weighted by Gasteiger charge is -2.41. The number of ether oxygens (including phenoxy) is 1. The Balaban J connectivity index is 2.52. The van der Waals surface area contributed by atoms with Crippen molar-refractivity contribution >= 4 is 5.97 Å². The zero-order valence-electron chi connectivity index (χ0n) is 11.3. The first-order valence-electron chi connectivity index (χ1n) is 6.73. The van der Waals surface area contributed by atoms with Gasteiger partial charge in [-0.3, -0.25) is 9.69 Å². The van der Waals surface area contributed by atoms with Crippen LogP contribution in [0.25, 0.3) is 0 Å². The summed E-state index contributed by atoms with van der Waals surface area (Å²) >= 11 is 0. The van der Waals surface area contributed by atoms with Gasteiger partial charge in [0.15, 0.2) is 0 Å². The molecule has 0 radical (unpaired) electrons. The molecule has 0 aromatic rings. The van der Waals surface area contributed by atoms with Crippen molar-refractivity contribution in [2.24, 2.45) is 5.73 Å². The third-order valence-corrected chi connectivity index (χ3v) is 3.53. The summed E-state index contributed by atoms with van der Waals surface area (Å²) in [5.74, 6) is -0.103. The highest BCUT2D eigenvalue weighted by Crippen LogP contribution is 2.22. The summed E-state index contributed by atoms with van der Waals surface area (Å²) in [5, 5.41) is 0. The van der Waals surface area contributed by atoms with Crippen molar-refractivity contribution in [3.8, 4) is 0 Å². The SMILES string of the molecule is CCOC(=O)CC(C)N1CCCCC1C(C)N. The zero-order chi connectivity index (χ0) is 12.8. The molecule has 1 aliphatic rings. The molecule has 4 nitrogen and oxygen atoms in total. The van der Waals surface area contributed by atoms with Gasteiger partial charge >= 0.3 is 5.97 Å². The number of carbonyl (C=O) groups is 1. The van der Waals surface area contributed by atoms with Gasteiger partial charge < -0.3 is 10.5 Å². The van der Waals surface area contributed by atoms with Crippen LogP contribution in [0.4, 0.5) is 0 Å². The molecule has 1 fully saturated rings. The molecule has 3 unspecified atom stereocenters. The number of nitrogens with zero attached hydrogens (tertiary/aromatic N) is 1. The van der Waals surface area contributed by atoms with Crippen LogP contribution >= 0.6 is 0 Å². The fourth-order valence-corrected chi connectivity index (χ4v) is 2.67. The molecule has 0 spiro atoms. The van der Waals surface area contributed by atoms with Crippen LogP contribution in [-0.2, 0) is 9.53 Å². The van der Waals surface area contributed by atoms with E-state index in [1.165, 1.54) is 12.8 Å². The van der Waals surface area contributed by atoms with Crippen molar-refractivity contribution in [1.29, 1.82) is 0 Å². The lowest BCUT2D eigenvalue weighted by molar-refractivity contribution is -0.144. The third kappa shape index (κ3) is 4.28. The number of nitrogens with two attached hydrogens (primary N) is 1. The molecule has 1 rings (SSSR count). The number of rotatable bonds is 5. The average molecular weight is 242 g/mol. The second kappa shape index (κ2) is 6.97. The average Bonchev–Trinajstić information content (AvgIpc) is 2.29. The van der Waals surface area contributed by atoms with Crippen LogP contribution in [0.5, 0.6) is 0 Å². The summed E-state index contributed by atoms with van der Waals surface area (Å²) in [6.07, 6.45) is 4.06. The molecule has 0 amide bonds. The molecule has 4 heteroatoms. The highest BCUT2D eigenvalue weighted by Gasteiger charge is 2.29. The quantitative estimate of drug-likeness (QED) is 0.743. The van der Waals surface area contributed by atoms with Crippen LogP contribution in [0.3, 0.4) is 0 Å². The summed E-state index contributed by atoms with van der Waals surface area (Å²) in [6.45, 7) is 7.50. The van der Waals surface area contributed by atoms with E-state index in [1.54, 1.807) is 0 Å². The highest BCUT2D eigenvalue weighted by molar-refractivity contribution is 5.70. The molecule has 17 heavy (non-hydrogen) atoms. The monoisotopic (exact) mass is 242 g/mol. The summed E-state index contributed by atoms with van der Waals surface area (Å²) in [5.41, 5.74) is 6.03. The van der Waals surface area contributed by atoms with Gasteiger partial charge in [0, 0.05) is 18.1 Å². The highest BCUT2D eigenvalue weighted by atomic mass is 16.5. The van der Waals surface area contributed by atoms with E-state index in [4.69, 9.17) is 10.5 Å². The van der Waals surface area contributed by atoms with Crippen molar-refractivity contribution in [3.63, 3.8) is 0 Å². The van der Waals surface area contributed by atoms with Crippen molar-refractivity contribution < 1.29 is 9.53 Å². The van der Waals surface area contributed by atoms with E-state index in [0.717, 1.165) is 13.0 Å². The van der Waals surface area contributed by atoms with Gasteiger partial charge in [0.1, 0.15) is 0 Å². The zero-order valence-corrected chi connectivity index (χ0v) is 11.3. The van der Waals surface area contributed by atoms with Crippen LogP contribution in [0.2, 0.25) is 0 Å². The van der Waals surface area contributed by atoms with E-state index >= 15 is 0 Å². The summed E-state index contributed by atoms with van der Waals surface area (Å²) in [6, 6.07) is 0.804. The van der Waals surface area contributed by atoms with Crippen LogP contribution in [0.1, 0.15) is 46.5 Å². The second-order valence-electron chi connectivity index (χ2n) is 5.02. The van der Waals surface area contributed by atoms with Crippen molar-refractivity contribution in [2.45, 2.75) is 64.6 Å². The molecule has 1 heterocycles. The lowest BCUT2D eigenvalue weighted by Crippen LogP contribution is -2.53. The molecule has 2 N–H and O–H groups in total. The van der Waals surface area contributed by atoms with Gasteiger partial charge in [-0.2, -0.15) is 0 Å². The van der Waals surface area contributed by atoms with Gasteiger partial charge in [-0.05, 0) is 40.2 Å². The number of hydrogen-bond acceptors (Lipinski definition) is 4. The van der Waals surface area contributed by atoms with Crippen LogP contribution in [-0.4, -0.2) is 42.1 Å². The maximum Gasteiger partial charge on any atom is 0.307 e. The molecule has 3 atom stereocenters. The molecule has 0 bridgehead atoms. The Morgan fingerprint density at radius 2 is 2.18 bits per heavy atom. The molecule has 0 aromatic heterocycles. The van der Waals surface area contributed by atoms with Gasteiger partial charge in [0.25, 0.3) is 0 Å².